The van der Waals surface area contributed by atoms with Crippen molar-refractivity contribution in [2.24, 2.45) is 0 Å². The first kappa shape index (κ1) is 17.7. The van der Waals surface area contributed by atoms with Gasteiger partial charge < -0.3 is 14.6 Å². The van der Waals surface area contributed by atoms with Gasteiger partial charge in [0.1, 0.15) is 5.60 Å². The molecule has 22 heavy (non-hydrogen) atoms. The van der Waals surface area contributed by atoms with Crippen LogP contribution in [0.1, 0.15) is 45.3 Å². The molecule has 1 aromatic carbocycles. The first-order valence-corrected chi connectivity index (χ1v) is 6.88. The fourth-order valence-electron chi connectivity index (χ4n) is 1.68. The Kier molecular flexibility index (Phi) is 6.10. The summed E-state index contributed by atoms with van der Waals surface area (Å²) >= 11 is 0. The molecule has 0 bridgehead atoms. The van der Waals surface area contributed by atoms with Crippen molar-refractivity contribution in [3.8, 4) is 0 Å². The van der Waals surface area contributed by atoms with Gasteiger partial charge in [-0.2, -0.15) is 0 Å². The molecule has 1 N–H and O–H groups in total. The molecule has 1 atom stereocenters. The van der Waals surface area contributed by atoms with Gasteiger partial charge in [0.05, 0.1) is 12.8 Å². The van der Waals surface area contributed by atoms with Crippen LogP contribution in [0.25, 0.3) is 0 Å². The summed E-state index contributed by atoms with van der Waals surface area (Å²) in [5.41, 5.74) is -0.269. The minimum atomic E-state index is -1.38. The number of carbonyl (C=O) groups is 3. The molecule has 0 spiro atoms. The van der Waals surface area contributed by atoms with Gasteiger partial charge in [-0.3, -0.25) is 9.59 Å². The van der Waals surface area contributed by atoms with Gasteiger partial charge in [0.2, 0.25) is 6.10 Å². The van der Waals surface area contributed by atoms with E-state index in [1.54, 1.807) is 51.1 Å². The maximum Gasteiger partial charge on any atom is 0.349 e. The SMILES string of the molecule is CC(C)(C)OC(=O)CCC(=O)O[C@H](C(=O)O)c1ccccc1. The second kappa shape index (κ2) is 7.59. The molecule has 0 radical (unpaired) electrons. The molecule has 0 aliphatic heterocycles. The zero-order valence-corrected chi connectivity index (χ0v) is 12.9. The number of carboxylic acid groups (broad SMARTS) is 1. The van der Waals surface area contributed by atoms with Crippen LogP contribution in [0.3, 0.4) is 0 Å². The summed E-state index contributed by atoms with van der Waals surface area (Å²) in [6, 6.07) is 8.15. The minimum Gasteiger partial charge on any atom is -0.478 e. The van der Waals surface area contributed by atoms with E-state index in [9.17, 15) is 14.4 Å². The van der Waals surface area contributed by atoms with Crippen molar-refractivity contribution >= 4 is 17.9 Å². The molecule has 0 aromatic heterocycles. The monoisotopic (exact) mass is 308 g/mol. The zero-order chi connectivity index (χ0) is 16.8. The number of aliphatic carboxylic acids is 1. The van der Waals surface area contributed by atoms with Crippen LogP contribution in [0.5, 0.6) is 0 Å². The minimum absolute atomic E-state index is 0.156. The third-order valence-corrected chi connectivity index (χ3v) is 2.53. The number of ether oxygens (including phenoxy) is 2. The van der Waals surface area contributed by atoms with E-state index in [1.807, 2.05) is 0 Å². The summed E-state index contributed by atoms with van der Waals surface area (Å²) < 4.78 is 9.99. The highest BCUT2D eigenvalue weighted by molar-refractivity contribution is 5.81. The normalized spacial score (nSPS) is 12.3. The quantitative estimate of drug-likeness (QED) is 0.812. The highest BCUT2D eigenvalue weighted by Gasteiger charge is 2.25. The lowest BCUT2D eigenvalue weighted by atomic mass is 10.1. The smallest absolute Gasteiger partial charge is 0.349 e. The molecule has 0 aliphatic rings. The Morgan fingerprint density at radius 1 is 1.05 bits per heavy atom. The van der Waals surface area contributed by atoms with Crippen LogP contribution in [0.2, 0.25) is 0 Å². The highest BCUT2D eigenvalue weighted by atomic mass is 16.6. The number of hydrogen-bond acceptors (Lipinski definition) is 5. The van der Waals surface area contributed by atoms with Crippen molar-refractivity contribution in [1.29, 1.82) is 0 Å². The molecule has 0 amide bonds. The predicted molar refractivity (Wildman–Crippen MR) is 78.0 cm³/mol. The first-order chi connectivity index (χ1) is 10.2. The Balaban J connectivity index is 2.55. The standard InChI is InChI=1S/C16H20O6/c1-16(2,3)22-13(18)10-9-12(17)21-14(15(19)20)11-7-5-4-6-8-11/h4-8,14H,9-10H2,1-3H3,(H,19,20)/t14-/m0/s1. The maximum absolute atomic E-state index is 11.7. The van der Waals surface area contributed by atoms with Crippen molar-refractivity contribution in [3.63, 3.8) is 0 Å². The molecular weight excluding hydrogens is 288 g/mol. The Morgan fingerprint density at radius 3 is 2.09 bits per heavy atom. The van der Waals surface area contributed by atoms with E-state index in [4.69, 9.17) is 14.6 Å². The van der Waals surface area contributed by atoms with Crippen LogP contribution in [0.15, 0.2) is 30.3 Å². The van der Waals surface area contributed by atoms with E-state index >= 15 is 0 Å². The topological polar surface area (TPSA) is 89.9 Å². The Morgan fingerprint density at radius 2 is 1.59 bits per heavy atom. The van der Waals surface area contributed by atoms with Crippen molar-refractivity contribution in [2.75, 3.05) is 0 Å². The van der Waals surface area contributed by atoms with Gasteiger partial charge in [0.25, 0.3) is 0 Å². The van der Waals surface area contributed by atoms with E-state index in [1.165, 1.54) is 0 Å². The number of esters is 2. The summed E-state index contributed by atoms with van der Waals surface area (Å²) in [4.78, 5) is 34.4. The Bertz CT molecular complexity index is 529. The van der Waals surface area contributed by atoms with Crippen molar-refractivity contribution in [1.82, 2.24) is 0 Å². The predicted octanol–water partition coefficient (Wildman–Crippen LogP) is 2.48. The average Bonchev–Trinajstić information content (AvgIpc) is 2.41. The fourth-order valence-corrected chi connectivity index (χ4v) is 1.68. The first-order valence-electron chi connectivity index (χ1n) is 6.88. The van der Waals surface area contributed by atoms with Gasteiger partial charge >= 0.3 is 17.9 Å². The van der Waals surface area contributed by atoms with Crippen LogP contribution >= 0.6 is 0 Å². The lowest BCUT2D eigenvalue weighted by molar-refractivity contribution is -0.166. The van der Waals surface area contributed by atoms with Gasteiger partial charge in [0, 0.05) is 5.56 Å². The van der Waals surface area contributed by atoms with Crippen molar-refractivity contribution in [2.45, 2.75) is 45.3 Å². The summed E-state index contributed by atoms with van der Waals surface area (Å²) in [5, 5.41) is 9.14. The van der Waals surface area contributed by atoms with Gasteiger partial charge in [-0.15, -0.1) is 0 Å². The Labute approximate surface area is 129 Å². The average molecular weight is 308 g/mol. The lowest BCUT2D eigenvalue weighted by Gasteiger charge is -2.19. The van der Waals surface area contributed by atoms with Crippen LogP contribution in [0, 0.1) is 0 Å². The third-order valence-electron chi connectivity index (χ3n) is 2.53. The summed E-state index contributed by atoms with van der Waals surface area (Å²) in [5.74, 6) is -2.56. The molecule has 1 rings (SSSR count). The Hall–Kier alpha value is -2.37. The number of benzene rings is 1. The molecule has 0 unspecified atom stereocenters. The van der Waals surface area contributed by atoms with E-state index < -0.39 is 29.6 Å². The lowest BCUT2D eigenvalue weighted by Crippen LogP contribution is -2.25. The second-order valence-corrected chi connectivity index (χ2v) is 5.71. The van der Waals surface area contributed by atoms with E-state index in [0.29, 0.717) is 5.56 Å². The summed E-state index contributed by atoms with van der Waals surface area (Å²) in [6.07, 6.45) is -1.77. The molecule has 0 aliphatic carbocycles. The number of rotatable bonds is 6. The van der Waals surface area contributed by atoms with Gasteiger partial charge in [-0.05, 0) is 20.8 Å². The molecule has 0 saturated carbocycles. The second-order valence-electron chi connectivity index (χ2n) is 5.71. The molecule has 6 heteroatoms. The van der Waals surface area contributed by atoms with Crippen molar-refractivity contribution < 1.29 is 29.0 Å². The molecule has 120 valence electrons. The van der Waals surface area contributed by atoms with Crippen LogP contribution in [-0.4, -0.2) is 28.6 Å². The summed E-state index contributed by atoms with van der Waals surface area (Å²) in [6.45, 7) is 5.16. The molecule has 0 fully saturated rings. The fraction of sp³-hybridized carbons (Fsp3) is 0.438. The summed E-state index contributed by atoms with van der Waals surface area (Å²) in [7, 11) is 0. The van der Waals surface area contributed by atoms with Gasteiger partial charge in [-0.1, -0.05) is 30.3 Å². The van der Waals surface area contributed by atoms with E-state index in [2.05, 4.69) is 0 Å². The van der Waals surface area contributed by atoms with Crippen LogP contribution < -0.4 is 0 Å². The number of carboxylic acids is 1. The molecule has 6 nitrogen and oxygen atoms in total. The molecular formula is C16H20O6. The van der Waals surface area contributed by atoms with Crippen LogP contribution in [-0.2, 0) is 23.9 Å². The molecule has 0 heterocycles. The highest BCUT2D eigenvalue weighted by Crippen LogP contribution is 2.18. The number of hydrogen-bond donors (Lipinski definition) is 1. The molecule has 1 aromatic rings. The van der Waals surface area contributed by atoms with Crippen molar-refractivity contribution in [3.05, 3.63) is 35.9 Å². The van der Waals surface area contributed by atoms with Crippen LogP contribution in [0.4, 0.5) is 0 Å². The number of carbonyl (C=O) groups excluding carboxylic acids is 2. The van der Waals surface area contributed by atoms with E-state index in [-0.39, 0.29) is 12.8 Å². The third kappa shape index (κ3) is 6.39. The maximum atomic E-state index is 11.7. The van der Waals surface area contributed by atoms with Gasteiger partial charge in [0.15, 0.2) is 0 Å². The van der Waals surface area contributed by atoms with E-state index in [0.717, 1.165) is 0 Å². The zero-order valence-electron chi connectivity index (χ0n) is 12.9. The molecule has 0 saturated heterocycles. The van der Waals surface area contributed by atoms with Gasteiger partial charge in [-0.25, -0.2) is 4.79 Å². The largest absolute Gasteiger partial charge is 0.478 e.